The van der Waals surface area contributed by atoms with Crippen LogP contribution in [0, 0.1) is 0 Å². The van der Waals surface area contributed by atoms with Gasteiger partial charge >= 0.3 is 0 Å². The highest BCUT2D eigenvalue weighted by atomic mass is 35.5. The fourth-order valence-electron chi connectivity index (χ4n) is 4.92. The van der Waals surface area contributed by atoms with Gasteiger partial charge in [-0.1, -0.05) is 53.7 Å². The SMILES string of the molecule is COc1ccc(C[N+]2(CC(O)COc3ccc(C(C)(C)C)cc3C(C)(C)C)CCCC2)cc1.[Cl-]. The van der Waals surface area contributed by atoms with Crippen molar-refractivity contribution >= 4 is 0 Å². The Bertz CT molecular complexity index is 906. The number of rotatable bonds is 8. The molecule has 1 heterocycles. The predicted molar refractivity (Wildman–Crippen MR) is 136 cm³/mol. The zero-order chi connectivity index (χ0) is 24.3. The second-order valence-corrected chi connectivity index (χ2v) is 11.9. The summed E-state index contributed by atoms with van der Waals surface area (Å²) in [4.78, 5) is 0. The number of quaternary nitrogens is 1. The van der Waals surface area contributed by atoms with E-state index in [1.165, 1.54) is 29.5 Å². The van der Waals surface area contributed by atoms with Crippen LogP contribution in [0.25, 0.3) is 0 Å². The summed E-state index contributed by atoms with van der Waals surface area (Å²) in [6.45, 7) is 17.6. The molecule has 1 aliphatic heterocycles. The Morgan fingerprint density at radius 2 is 1.53 bits per heavy atom. The Morgan fingerprint density at radius 3 is 2.06 bits per heavy atom. The molecule has 0 spiro atoms. The van der Waals surface area contributed by atoms with E-state index in [0.29, 0.717) is 6.61 Å². The molecule has 0 aromatic heterocycles. The minimum absolute atomic E-state index is 0. The number of likely N-dealkylation sites (tertiary alicyclic amines) is 1. The molecule has 1 atom stereocenters. The molecular weight excluding hydrogens is 446 g/mol. The Labute approximate surface area is 213 Å². The first-order valence-corrected chi connectivity index (χ1v) is 12.4. The molecule has 4 nitrogen and oxygen atoms in total. The number of halogens is 1. The Morgan fingerprint density at radius 1 is 0.912 bits per heavy atom. The van der Waals surface area contributed by atoms with Gasteiger partial charge in [-0.25, -0.2) is 0 Å². The van der Waals surface area contributed by atoms with Crippen LogP contribution in [-0.2, 0) is 17.4 Å². The van der Waals surface area contributed by atoms with Crippen LogP contribution in [0.4, 0.5) is 0 Å². The molecule has 5 heteroatoms. The maximum Gasteiger partial charge on any atom is 0.137 e. The number of hydrogen-bond acceptors (Lipinski definition) is 3. The number of hydrogen-bond donors (Lipinski definition) is 1. The average molecular weight is 490 g/mol. The monoisotopic (exact) mass is 489 g/mol. The van der Waals surface area contributed by atoms with Gasteiger partial charge in [0.05, 0.1) is 20.2 Å². The molecule has 0 amide bonds. The fourth-order valence-corrected chi connectivity index (χ4v) is 4.92. The maximum absolute atomic E-state index is 11.0. The van der Waals surface area contributed by atoms with Gasteiger partial charge in [-0.15, -0.1) is 0 Å². The van der Waals surface area contributed by atoms with Crippen LogP contribution in [0.15, 0.2) is 42.5 Å². The molecule has 1 N–H and O–H groups in total. The third kappa shape index (κ3) is 7.37. The Balaban J connectivity index is 0.00000408. The van der Waals surface area contributed by atoms with Crippen LogP contribution >= 0.6 is 0 Å². The highest BCUT2D eigenvalue weighted by Gasteiger charge is 2.35. The minimum Gasteiger partial charge on any atom is -1.00 e. The van der Waals surface area contributed by atoms with Crippen molar-refractivity contribution in [3.63, 3.8) is 0 Å². The van der Waals surface area contributed by atoms with Crippen LogP contribution < -0.4 is 21.9 Å². The van der Waals surface area contributed by atoms with Gasteiger partial charge < -0.3 is 31.5 Å². The predicted octanol–water partition coefficient (Wildman–Crippen LogP) is 2.84. The number of ether oxygens (including phenoxy) is 2. The smallest absolute Gasteiger partial charge is 0.137 e. The molecular formula is C29H44ClNO3. The van der Waals surface area contributed by atoms with Crippen molar-refractivity contribution in [1.29, 1.82) is 0 Å². The number of nitrogens with zero attached hydrogens (tertiary/aromatic N) is 1. The highest BCUT2D eigenvalue weighted by molar-refractivity contribution is 5.43. The number of aliphatic hydroxyl groups excluding tert-OH is 1. The first-order chi connectivity index (χ1) is 15.4. The van der Waals surface area contributed by atoms with Crippen LogP contribution in [0.1, 0.15) is 71.1 Å². The summed E-state index contributed by atoms with van der Waals surface area (Å²) < 4.78 is 12.5. The van der Waals surface area contributed by atoms with E-state index in [4.69, 9.17) is 9.47 Å². The van der Waals surface area contributed by atoms with Crippen LogP contribution in [0.3, 0.4) is 0 Å². The number of methoxy groups -OCH3 is 1. The van der Waals surface area contributed by atoms with Crippen molar-refractivity contribution in [3.05, 3.63) is 59.2 Å². The molecule has 1 fully saturated rings. The lowest BCUT2D eigenvalue weighted by atomic mass is 9.80. The van der Waals surface area contributed by atoms with E-state index in [2.05, 4.69) is 71.9 Å². The normalized spacial score (nSPS) is 16.6. The second-order valence-electron chi connectivity index (χ2n) is 11.9. The molecule has 1 aliphatic rings. The molecule has 34 heavy (non-hydrogen) atoms. The van der Waals surface area contributed by atoms with E-state index in [1.54, 1.807) is 7.11 Å². The second kappa shape index (κ2) is 11.3. The summed E-state index contributed by atoms with van der Waals surface area (Å²) in [5, 5.41) is 11.0. The van der Waals surface area contributed by atoms with E-state index in [9.17, 15) is 5.11 Å². The summed E-state index contributed by atoms with van der Waals surface area (Å²) >= 11 is 0. The van der Waals surface area contributed by atoms with E-state index >= 15 is 0 Å². The molecule has 0 aliphatic carbocycles. The zero-order valence-corrected chi connectivity index (χ0v) is 22.9. The molecule has 2 aromatic carbocycles. The standard InChI is InChI=1S/C29H44NO3.ClH/c1-28(2,3)23-12-15-27(26(18-23)29(4,5)6)33-21-24(31)20-30(16-8-9-17-30)19-22-10-13-25(32-7)14-11-22;/h10-15,18,24,31H,8-9,16-17,19-21H2,1-7H3;1H/q+1;/p-1. The third-order valence-electron chi connectivity index (χ3n) is 6.87. The quantitative estimate of drug-likeness (QED) is 0.579. The van der Waals surface area contributed by atoms with Crippen molar-refractivity contribution in [2.45, 2.75) is 77.9 Å². The van der Waals surface area contributed by atoms with Gasteiger partial charge in [-0.3, -0.25) is 0 Å². The van der Waals surface area contributed by atoms with Crippen molar-refractivity contribution < 1.29 is 31.5 Å². The molecule has 190 valence electrons. The Hall–Kier alpha value is -1.75. The first-order valence-electron chi connectivity index (χ1n) is 12.4. The average Bonchev–Trinajstić information content (AvgIpc) is 3.19. The topological polar surface area (TPSA) is 38.7 Å². The molecule has 1 unspecified atom stereocenters. The fraction of sp³-hybridized carbons (Fsp3) is 0.586. The largest absolute Gasteiger partial charge is 1.00 e. The van der Waals surface area contributed by atoms with Crippen molar-refractivity contribution in [2.24, 2.45) is 0 Å². The number of aliphatic hydroxyl groups is 1. The van der Waals surface area contributed by atoms with Gasteiger partial charge in [0.25, 0.3) is 0 Å². The summed E-state index contributed by atoms with van der Waals surface area (Å²) in [6.07, 6.45) is 1.93. The minimum atomic E-state index is -0.503. The first kappa shape index (κ1) is 28.5. The van der Waals surface area contributed by atoms with Crippen molar-refractivity contribution in [1.82, 2.24) is 0 Å². The Kier molecular flexibility index (Phi) is 9.49. The molecule has 2 aromatic rings. The lowest BCUT2D eigenvalue weighted by molar-refractivity contribution is -0.932. The van der Waals surface area contributed by atoms with Gasteiger partial charge in [-0.05, 0) is 52.3 Å². The van der Waals surface area contributed by atoms with Gasteiger partial charge in [0.15, 0.2) is 0 Å². The van der Waals surface area contributed by atoms with Gasteiger partial charge in [0.1, 0.15) is 37.3 Å². The van der Waals surface area contributed by atoms with Crippen LogP contribution in [-0.4, -0.2) is 49.0 Å². The summed E-state index contributed by atoms with van der Waals surface area (Å²) in [6, 6.07) is 14.9. The molecule has 0 bridgehead atoms. The van der Waals surface area contributed by atoms with Crippen molar-refractivity contribution in [2.75, 3.05) is 33.4 Å². The lowest BCUT2D eigenvalue weighted by Crippen LogP contribution is -3.00. The highest BCUT2D eigenvalue weighted by Crippen LogP contribution is 2.35. The summed E-state index contributed by atoms with van der Waals surface area (Å²) in [5.74, 6) is 1.77. The zero-order valence-electron chi connectivity index (χ0n) is 22.2. The molecule has 0 saturated carbocycles. The maximum atomic E-state index is 11.0. The van der Waals surface area contributed by atoms with Crippen LogP contribution in [0.2, 0.25) is 0 Å². The van der Waals surface area contributed by atoms with Crippen LogP contribution in [0.5, 0.6) is 11.5 Å². The van der Waals surface area contributed by atoms with Gasteiger partial charge in [0.2, 0.25) is 0 Å². The molecule has 1 saturated heterocycles. The summed E-state index contributed by atoms with van der Waals surface area (Å²) in [5.41, 5.74) is 3.86. The van der Waals surface area contributed by atoms with E-state index in [0.717, 1.165) is 42.2 Å². The van der Waals surface area contributed by atoms with Gasteiger partial charge in [-0.2, -0.15) is 0 Å². The van der Waals surface area contributed by atoms with Gasteiger partial charge in [0, 0.05) is 18.4 Å². The van der Waals surface area contributed by atoms with E-state index < -0.39 is 6.10 Å². The molecule has 0 radical (unpaired) electrons. The third-order valence-corrected chi connectivity index (χ3v) is 6.87. The van der Waals surface area contributed by atoms with E-state index in [-0.39, 0.29) is 23.2 Å². The summed E-state index contributed by atoms with van der Waals surface area (Å²) in [7, 11) is 1.70. The molecule has 3 rings (SSSR count). The number of benzene rings is 2. The van der Waals surface area contributed by atoms with Crippen molar-refractivity contribution in [3.8, 4) is 11.5 Å². The lowest BCUT2D eigenvalue weighted by Gasteiger charge is -2.36. The van der Waals surface area contributed by atoms with E-state index in [1.807, 2.05) is 12.1 Å².